The Morgan fingerprint density at radius 1 is 1.11 bits per heavy atom. The molecule has 27 heavy (non-hydrogen) atoms. The number of benzene rings is 2. The molecule has 1 aliphatic rings. The number of nitrogens with one attached hydrogen (secondary N) is 2. The molecule has 0 spiro atoms. The lowest BCUT2D eigenvalue weighted by Gasteiger charge is -2.18. The molecule has 0 saturated carbocycles. The van der Waals surface area contributed by atoms with Crippen LogP contribution < -0.4 is 9.62 Å². The second-order valence-corrected chi connectivity index (χ2v) is 8.10. The van der Waals surface area contributed by atoms with Crippen LogP contribution in [0.25, 0.3) is 0 Å². The van der Waals surface area contributed by atoms with Crippen molar-refractivity contribution >= 4 is 27.4 Å². The fourth-order valence-electron chi connectivity index (χ4n) is 3.00. The minimum absolute atomic E-state index is 0.114. The topological polar surface area (TPSA) is 99.3 Å². The number of hydrogen-bond donors (Lipinski definition) is 2. The van der Waals surface area contributed by atoms with Crippen molar-refractivity contribution < 1.29 is 12.9 Å². The summed E-state index contributed by atoms with van der Waals surface area (Å²) in [5.74, 6) is 0.528. The third-order valence-electron chi connectivity index (χ3n) is 4.71. The van der Waals surface area contributed by atoms with E-state index in [1.54, 1.807) is 26.0 Å². The van der Waals surface area contributed by atoms with Crippen LogP contribution in [0.5, 0.6) is 0 Å². The number of nitrogens with zero attached hydrogens (tertiary/aromatic N) is 2. The summed E-state index contributed by atoms with van der Waals surface area (Å²) in [6, 6.07) is 14.2. The molecule has 2 N–H and O–H groups in total. The summed E-state index contributed by atoms with van der Waals surface area (Å²) in [4.78, 5) is 1.96. The predicted molar refractivity (Wildman–Crippen MR) is 103 cm³/mol. The van der Waals surface area contributed by atoms with Crippen LogP contribution in [-0.4, -0.2) is 19.4 Å². The van der Waals surface area contributed by atoms with Crippen LogP contribution in [-0.2, 0) is 16.6 Å². The van der Waals surface area contributed by atoms with E-state index < -0.39 is 10.0 Å². The van der Waals surface area contributed by atoms with Crippen molar-refractivity contribution in [3.05, 3.63) is 70.9 Å². The zero-order valence-corrected chi connectivity index (χ0v) is 15.7. The quantitative estimate of drug-likeness (QED) is 0.720. The van der Waals surface area contributed by atoms with E-state index in [0.29, 0.717) is 23.6 Å². The van der Waals surface area contributed by atoms with E-state index in [4.69, 9.17) is 9.93 Å². The summed E-state index contributed by atoms with van der Waals surface area (Å²) in [5.41, 5.74) is 4.03. The molecule has 0 amide bonds. The van der Waals surface area contributed by atoms with Crippen molar-refractivity contribution in [2.24, 2.45) is 0 Å². The molecule has 0 bridgehead atoms. The van der Waals surface area contributed by atoms with Crippen LogP contribution >= 0.6 is 0 Å². The third-order valence-corrected chi connectivity index (χ3v) is 6.06. The smallest absolute Gasteiger partial charge is 0.264 e. The fraction of sp³-hybridized carbons (Fsp3) is 0.158. The molecular weight excluding hydrogens is 364 g/mol. The minimum Gasteiger partial charge on any atom is -0.337 e. The molecule has 1 aromatic heterocycles. The summed E-state index contributed by atoms with van der Waals surface area (Å²) in [5, 5.41) is 12.1. The van der Waals surface area contributed by atoms with Gasteiger partial charge in [-0.05, 0) is 43.7 Å². The lowest BCUT2D eigenvalue weighted by Crippen LogP contribution is -2.23. The molecule has 3 aromatic rings. The third kappa shape index (κ3) is 2.97. The van der Waals surface area contributed by atoms with Gasteiger partial charge in [0.2, 0.25) is 5.88 Å². The number of rotatable bonds is 4. The molecule has 0 aliphatic carbocycles. The van der Waals surface area contributed by atoms with Crippen molar-refractivity contribution in [1.29, 1.82) is 5.41 Å². The number of hydrogen-bond acceptors (Lipinski definition) is 5. The first-order valence-corrected chi connectivity index (χ1v) is 9.85. The summed E-state index contributed by atoms with van der Waals surface area (Å²) in [7, 11) is -3.79. The maximum Gasteiger partial charge on any atom is 0.264 e. The highest BCUT2D eigenvalue weighted by Gasteiger charge is 2.25. The second kappa shape index (κ2) is 6.24. The Kier molecular flexibility index (Phi) is 4.00. The van der Waals surface area contributed by atoms with Crippen LogP contribution in [0.4, 0.5) is 11.6 Å². The maximum atomic E-state index is 12.6. The van der Waals surface area contributed by atoms with Crippen LogP contribution in [0.1, 0.15) is 22.4 Å². The van der Waals surface area contributed by atoms with Gasteiger partial charge < -0.3 is 9.42 Å². The van der Waals surface area contributed by atoms with Crippen molar-refractivity contribution in [1.82, 2.24) is 5.16 Å². The summed E-state index contributed by atoms with van der Waals surface area (Å²) in [6.45, 7) is 4.08. The fourth-order valence-corrected chi connectivity index (χ4v) is 4.05. The summed E-state index contributed by atoms with van der Waals surface area (Å²) < 4.78 is 32.6. The first-order chi connectivity index (χ1) is 12.9. The average Bonchev–Trinajstić information content (AvgIpc) is 3.16. The van der Waals surface area contributed by atoms with Gasteiger partial charge >= 0.3 is 0 Å². The van der Waals surface area contributed by atoms with Crippen LogP contribution in [0.3, 0.4) is 0 Å². The molecule has 138 valence electrons. The molecule has 0 saturated heterocycles. The van der Waals surface area contributed by atoms with Crippen LogP contribution in [0, 0.1) is 19.3 Å². The first kappa shape index (κ1) is 17.3. The molecule has 0 fully saturated rings. The SMILES string of the molecule is Cc1noc(NS(=O)(=O)c2ccc(N3Cc4ccccc4C3=N)cc2)c1C. The molecule has 0 unspecified atom stereocenters. The molecule has 7 nitrogen and oxygen atoms in total. The highest BCUT2D eigenvalue weighted by molar-refractivity contribution is 7.92. The van der Waals surface area contributed by atoms with E-state index in [1.165, 1.54) is 12.1 Å². The zero-order chi connectivity index (χ0) is 19.2. The van der Waals surface area contributed by atoms with E-state index in [9.17, 15) is 8.42 Å². The standard InChI is InChI=1S/C19H18N4O3S/c1-12-13(2)21-26-19(12)22-27(24,25)16-9-7-15(8-10-16)23-11-14-5-3-4-6-17(14)18(23)20/h3-10,20,22H,11H2,1-2H3. The molecule has 1 aliphatic heterocycles. The van der Waals surface area contributed by atoms with E-state index in [2.05, 4.69) is 9.88 Å². The van der Waals surface area contributed by atoms with Crippen molar-refractivity contribution in [3.8, 4) is 0 Å². The van der Waals surface area contributed by atoms with Crippen molar-refractivity contribution in [2.75, 3.05) is 9.62 Å². The van der Waals surface area contributed by atoms with Gasteiger partial charge in [-0.3, -0.25) is 5.41 Å². The maximum absolute atomic E-state index is 12.6. The van der Waals surface area contributed by atoms with E-state index >= 15 is 0 Å². The van der Waals surface area contributed by atoms with Gasteiger partial charge in [-0.25, -0.2) is 13.1 Å². The molecular formula is C19H18N4O3S. The lowest BCUT2D eigenvalue weighted by molar-refractivity contribution is 0.430. The Morgan fingerprint density at radius 3 is 2.44 bits per heavy atom. The number of sulfonamides is 1. The van der Waals surface area contributed by atoms with Gasteiger partial charge in [-0.1, -0.05) is 29.4 Å². The summed E-state index contributed by atoms with van der Waals surface area (Å²) in [6.07, 6.45) is 0. The van der Waals surface area contributed by atoms with Gasteiger partial charge in [0.15, 0.2) is 0 Å². The molecule has 2 aromatic carbocycles. The minimum atomic E-state index is -3.79. The second-order valence-electron chi connectivity index (χ2n) is 6.41. The van der Waals surface area contributed by atoms with Crippen molar-refractivity contribution in [2.45, 2.75) is 25.3 Å². The number of amidine groups is 1. The largest absolute Gasteiger partial charge is 0.337 e. The normalized spacial score (nSPS) is 13.7. The van der Waals surface area contributed by atoms with Gasteiger partial charge in [-0.15, -0.1) is 0 Å². The van der Waals surface area contributed by atoms with Gasteiger partial charge in [0.25, 0.3) is 10.0 Å². The van der Waals surface area contributed by atoms with Crippen molar-refractivity contribution in [3.63, 3.8) is 0 Å². The number of aryl methyl sites for hydroxylation is 1. The number of fused-ring (bicyclic) bond motifs is 1. The molecule has 2 heterocycles. The average molecular weight is 382 g/mol. The van der Waals surface area contributed by atoms with Gasteiger partial charge in [0, 0.05) is 16.8 Å². The highest BCUT2D eigenvalue weighted by atomic mass is 32.2. The highest BCUT2D eigenvalue weighted by Crippen LogP contribution is 2.29. The number of aromatic nitrogens is 1. The van der Waals surface area contributed by atoms with Gasteiger partial charge in [-0.2, -0.15) is 0 Å². The summed E-state index contributed by atoms with van der Waals surface area (Å²) >= 11 is 0. The Morgan fingerprint density at radius 2 is 1.81 bits per heavy atom. The van der Waals surface area contributed by atoms with E-state index in [0.717, 1.165) is 16.8 Å². The van der Waals surface area contributed by atoms with Crippen LogP contribution in [0.15, 0.2) is 57.9 Å². The first-order valence-electron chi connectivity index (χ1n) is 8.37. The molecule has 0 atom stereocenters. The zero-order valence-electron chi connectivity index (χ0n) is 14.9. The Balaban J connectivity index is 1.58. The molecule has 0 radical (unpaired) electrons. The van der Waals surface area contributed by atoms with E-state index in [-0.39, 0.29) is 10.8 Å². The van der Waals surface area contributed by atoms with Gasteiger partial charge in [0.1, 0.15) is 5.84 Å². The molecule has 8 heteroatoms. The van der Waals surface area contributed by atoms with Crippen LogP contribution in [0.2, 0.25) is 0 Å². The Labute approximate surface area is 157 Å². The Hall–Kier alpha value is -3.13. The number of anilines is 2. The van der Waals surface area contributed by atoms with Gasteiger partial charge in [0.05, 0.1) is 17.1 Å². The monoisotopic (exact) mass is 382 g/mol. The molecule has 4 rings (SSSR count). The lowest BCUT2D eigenvalue weighted by atomic mass is 10.1. The Bertz CT molecular complexity index is 1130. The van der Waals surface area contributed by atoms with E-state index in [1.807, 2.05) is 29.2 Å². The predicted octanol–water partition coefficient (Wildman–Crippen LogP) is 3.44.